The lowest BCUT2D eigenvalue weighted by molar-refractivity contribution is -0.141. The Bertz CT molecular complexity index is 652. The van der Waals surface area contributed by atoms with Crippen molar-refractivity contribution in [1.82, 2.24) is 5.32 Å². The van der Waals surface area contributed by atoms with Gasteiger partial charge in [0.05, 0.1) is 18.9 Å². The molecule has 0 spiro atoms. The number of nitrogens with one attached hydrogen (secondary N) is 1. The van der Waals surface area contributed by atoms with Crippen molar-refractivity contribution < 1.29 is 19.4 Å². The molecule has 0 fully saturated rings. The molecule has 24 heavy (non-hydrogen) atoms. The van der Waals surface area contributed by atoms with Gasteiger partial charge in [-0.15, -0.1) is 11.3 Å². The number of amides is 1. The molecule has 2 rings (SSSR count). The van der Waals surface area contributed by atoms with Crippen LogP contribution < -0.4 is 10.1 Å². The Kier molecular flexibility index (Phi) is 6.81. The lowest BCUT2D eigenvalue weighted by atomic mass is 9.99. The van der Waals surface area contributed by atoms with Crippen molar-refractivity contribution in [3.8, 4) is 5.75 Å². The summed E-state index contributed by atoms with van der Waals surface area (Å²) >= 11 is 1.51. The molecule has 1 amide bonds. The third kappa shape index (κ3) is 5.70. The van der Waals surface area contributed by atoms with Crippen molar-refractivity contribution in [2.24, 2.45) is 5.92 Å². The third-order valence-corrected chi connectivity index (χ3v) is 4.40. The summed E-state index contributed by atoms with van der Waals surface area (Å²) in [6.45, 7) is 2.62. The first kappa shape index (κ1) is 18.0. The van der Waals surface area contributed by atoms with E-state index >= 15 is 0 Å². The van der Waals surface area contributed by atoms with E-state index in [1.807, 2.05) is 48.7 Å². The number of carboxylic acids is 1. The van der Waals surface area contributed by atoms with Crippen LogP contribution in [0, 0.1) is 5.92 Å². The molecule has 0 aliphatic carbocycles. The Balaban J connectivity index is 1.87. The van der Waals surface area contributed by atoms with Gasteiger partial charge in [-0.2, -0.15) is 0 Å². The smallest absolute Gasteiger partial charge is 0.308 e. The average molecular weight is 347 g/mol. The van der Waals surface area contributed by atoms with E-state index in [2.05, 4.69) is 5.32 Å². The molecule has 5 nitrogen and oxygen atoms in total. The second-order valence-electron chi connectivity index (χ2n) is 5.38. The lowest BCUT2D eigenvalue weighted by Gasteiger charge is -2.14. The zero-order chi connectivity index (χ0) is 17.4. The number of rotatable bonds is 9. The van der Waals surface area contributed by atoms with Crippen molar-refractivity contribution >= 4 is 23.2 Å². The fraction of sp³-hybridized carbons (Fsp3) is 0.333. The molecule has 1 aromatic heterocycles. The normalized spacial score (nSPS) is 11.7. The van der Waals surface area contributed by atoms with Crippen molar-refractivity contribution in [2.75, 3.05) is 13.2 Å². The summed E-state index contributed by atoms with van der Waals surface area (Å²) in [5.74, 6) is -0.969. The monoisotopic (exact) mass is 347 g/mol. The van der Waals surface area contributed by atoms with Gasteiger partial charge in [-0.05, 0) is 42.5 Å². The van der Waals surface area contributed by atoms with Crippen LogP contribution in [0.2, 0.25) is 0 Å². The molecule has 1 heterocycles. The number of aliphatic carboxylic acids is 1. The highest BCUT2D eigenvalue weighted by Gasteiger charge is 2.19. The van der Waals surface area contributed by atoms with Gasteiger partial charge in [-0.25, -0.2) is 0 Å². The minimum atomic E-state index is -0.916. The van der Waals surface area contributed by atoms with E-state index in [-0.39, 0.29) is 18.9 Å². The van der Waals surface area contributed by atoms with Gasteiger partial charge in [-0.1, -0.05) is 18.2 Å². The second kappa shape index (κ2) is 9.08. The molecule has 0 radical (unpaired) electrons. The zero-order valence-corrected chi connectivity index (χ0v) is 14.3. The van der Waals surface area contributed by atoms with Gasteiger partial charge in [0.25, 0.3) is 0 Å². The zero-order valence-electron chi connectivity index (χ0n) is 13.5. The van der Waals surface area contributed by atoms with E-state index in [4.69, 9.17) is 4.74 Å². The number of thiophene rings is 1. The standard InChI is InChI=1S/C18H21NO4S/c1-2-23-15-7-5-13(6-8-15)10-14(18(21)22)12-19-17(20)11-16-4-3-9-24-16/h3-9,14H,2,10-12H2,1H3,(H,19,20)(H,21,22). The number of carboxylic acid groups (broad SMARTS) is 1. The summed E-state index contributed by atoms with van der Waals surface area (Å²) in [6, 6.07) is 11.1. The number of benzene rings is 1. The van der Waals surface area contributed by atoms with Crippen molar-refractivity contribution in [1.29, 1.82) is 0 Å². The van der Waals surface area contributed by atoms with Crippen LogP contribution in [0.5, 0.6) is 5.75 Å². The number of carbonyl (C=O) groups is 2. The number of carbonyl (C=O) groups excluding carboxylic acids is 1. The first-order valence-corrected chi connectivity index (χ1v) is 8.70. The molecular weight excluding hydrogens is 326 g/mol. The van der Waals surface area contributed by atoms with E-state index in [1.165, 1.54) is 11.3 Å². The third-order valence-electron chi connectivity index (χ3n) is 3.53. The SMILES string of the molecule is CCOc1ccc(CC(CNC(=O)Cc2cccs2)C(=O)O)cc1. The Labute approximate surface area is 145 Å². The van der Waals surface area contributed by atoms with Gasteiger partial charge in [-0.3, -0.25) is 9.59 Å². The molecule has 0 saturated heterocycles. The molecule has 2 N–H and O–H groups in total. The Morgan fingerprint density at radius 3 is 2.58 bits per heavy atom. The predicted octanol–water partition coefficient (Wildman–Crippen LogP) is 2.75. The first-order valence-electron chi connectivity index (χ1n) is 7.82. The van der Waals surface area contributed by atoms with E-state index in [1.54, 1.807) is 0 Å². The molecule has 0 bridgehead atoms. The molecular formula is C18H21NO4S. The van der Waals surface area contributed by atoms with Crippen molar-refractivity contribution in [3.05, 3.63) is 52.2 Å². The fourth-order valence-electron chi connectivity index (χ4n) is 2.29. The Morgan fingerprint density at radius 2 is 2.00 bits per heavy atom. The van der Waals surface area contributed by atoms with Gasteiger partial charge >= 0.3 is 5.97 Å². The van der Waals surface area contributed by atoms with Gasteiger partial charge in [0, 0.05) is 11.4 Å². The highest BCUT2D eigenvalue weighted by molar-refractivity contribution is 7.10. The second-order valence-corrected chi connectivity index (χ2v) is 6.41. The van der Waals surface area contributed by atoms with Gasteiger partial charge in [0.15, 0.2) is 0 Å². The van der Waals surface area contributed by atoms with Gasteiger partial charge < -0.3 is 15.2 Å². The van der Waals surface area contributed by atoms with Crippen LogP contribution in [0.3, 0.4) is 0 Å². The van der Waals surface area contributed by atoms with Crippen LogP contribution in [-0.4, -0.2) is 30.1 Å². The molecule has 0 aliphatic heterocycles. The molecule has 1 atom stereocenters. The fourth-order valence-corrected chi connectivity index (χ4v) is 2.99. The molecule has 0 aliphatic rings. The lowest BCUT2D eigenvalue weighted by Crippen LogP contribution is -2.34. The average Bonchev–Trinajstić information content (AvgIpc) is 3.06. The number of hydrogen-bond donors (Lipinski definition) is 2. The van der Waals surface area contributed by atoms with Crippen LogP contribution in [0.4, 0.5) is 0 Å². The maximum Gasteiger partial charge on any atom is 0.308 e. The van der Waals surface area contributed by atoms with Crippen LogP contribution in [0.25, 0.3) is 0 Å². The molecule has 0 saturated carbocycles. The minimum absolute atomic E-state index is 0.118. The van der Waals surface area contributed by atoms with E-state index in [9.17, 15) is 14.7 Å². The minimum Gasteiger partial charge on any atom is -0.494 e. The van der Waals surface area contributed by atoms with Gasteiger partial charge in [0.2, 0.25) is 5.91 Å². The van der Waals surface area contributed by atoms with Crippen LogP contribution in [0.1, 0.15) is 17.4 Å². The number of hydrogen-bond acceptors (Lipinski definition) is 4. The van der Waals surface area contributed by atoms with Crippen LogP contribution in [0.15, 0.2) is 41.8 Å². The Hall–Kier alpha value is -2.34. The molecule has 6 heteroatoms. The Morgan fingerprint density at radius 1 is 1.25 bits per heavy atom. The summed E-state index contributed by atoms with van der Waals surface area (Å²) < 4.78 is 5.37. The maximum absolute atomic E-state index is 11.9. The summed E-state index contributed by atoms with van der Waals surface area (Å²) in [6.07, 6.45) is 0.647. The van der Waals surface area contributed by atoms with Crippen molar-refractivity contribution in [2.45, 2.75) is 19.8 Å². The summed E-state index contributed by atoms with van der Waals surface area (Å²) in [5, 5.41) is 14.0. The first-order chi connectivity index (χ1) is 11.6. The summed E-state index contributed by atoms with van der Waals surface area (Å²) in [5.41, 5.74) is 0.901. The maximum atomic E-state index is 11.9. The van der Waals surface area contributed by atoms with Crippen LogP contribution >= 0.6 is 11.3 Å². The summed E-state index contributed by atoms with van der Waals surface area (Å²) in [7, 11) is 0. The van der Waals surface area contributed by atoms with Gasteiger partial charge in [0.1, 0.15) is 5.75 Å². The quantitative estimate of drug-likeness (QED) is 0.731. The molecule has 1 aromatic carbocycles. The molecule has 128 valence electrons. The van der Waals surface area contributed by atoms with E-state index in [0.29, 0.717) is 13.0 Å². The summed E-state index contributed by atoms with van der Waals surface area (Å²) in [4.78, 5) is 24.3. The van der Waals surface area contributed by atoms with E-state index in [0.717, 1.165) is 16.2 Å². The predicted molar refractivity (Wildman–Crippen MR) is 93.5 cm³/mol. The van der Waals surface area contributed by atoms with Crippen LogP contribution in [-0.2, 0) is 22.4 Å². The molecule has 2 aromatic rings. The highest BCUT2D eigenvalue weighted by Crippen LogP contribution is 2.15. The molecule has 1 unspecified atom stereocenters. The number of ether oxygens (including phenoxy) is 1. The topological polar surface area (TPSA) is 75.6 Å². The van der Waals surface area contributed by atoms with E-state index < -0.39 is 11.9 Å². The largest absolute Gasteiger partial charge is 0.494 e. The van der Waals surface area contributed by atoms with Crippen molar-refractivity contribution in [3.63, 3.8) is 0 Å². The highest BCUT2D eigenvalue weighted by atomic mass is 32.1.